The lowest BCUT2D eigenvalue weighted by Crippen LogP contribution is -2.33. The van der Waals surface area contributed by atoms with Gasteiger partial charge in [0.25, 0.3) is 0 Å². The van der Waals surface area contributed by atoms with Crippen LogP contribution in [-0.2, 0) is 6.42 Å². The maximum absolute atomic E-state index is 13.3. The molecule has 2 rings (SSSR count). The maximum atomic E-state index is 13.3. The van der Waals surface area contributed by atoms with Crippen molar-refractivity contribution >= 4 is 23.2 Å². The van der Waals surface area contributed by atoms with E-state index in [0.29, 0.717) is 23.1 Å². The Balaban J connectivity index is 1.96. The predicted octanol–water partition coefficient (Wildman–Crippen LogP) is 4.34. The Hall–Kier alpha value is -1.29. The molecule has 1 atom stereocenters. The molecule has 1 unspecified atom stereocenters. The molecule has 2 aromatic rings. The molecule has 0 saturated carbocycles. The largest absolute Gasteiger partial charge is 0.492 e. The Labute approximate surface area is 133 Å². The minimum absolute atomic E-state index is 0.0278. The van der Waals surface area contributed by atoms with Crippen LogP contribution in [0.2, 0.25) is 10.0 Å². The standard InChI is InChI=1S/C16H16Cl2FNO/c1-20-14(9-11-8-13(19)4-7-16(11)18)10-21-15-5-2-12(17)3-6-15/h2-8,14,20H,9-10H2,1H3. The van der Waals surface area contributed by atoms with Crippen molar-refractivity contribution in [3.8, 4) is 5.75 Å². The van der Waals surface area contributed by atoms with E-state index in [9.17, 15) is 4.39 Å². The lowest BCUT2D eigenvalue weighted by Gasteiger charge is -2.18. The van der Waals surface area contributed by atoms with Gasteiger partial charge in [-0.05, 0) is 61.5 Å². The third-order valence-electron chi connectivity index (χ3n) is 3.15. The number of hydrogen-bond acceptors (Lipinski definition) is 2. The normalized spacial score (nSPS) is 12.2. The molecule has 2 nitrogen and oxygen atoms in total. The van der Waals surface area contributed by atoms with Gasteiger partial charge in [0.15, 0.2) is 0 Å². The monoisotopic (exact) mass is 327 g/mol. The van der Waals surface area contributed by atoms with Gasteiger partial charge in [0, 0.05) is 16.1 Å². The van der Waals surface area contributed by atoms with E-state index in [0.717, 1.165) is 11.3 Å². The highest BCUT2D eigenvalue weighted by Crippen LogP contribution is 2.20. The summed E-state index contributed by atoms with van der Waals surface area (Å²) in [5.41, 5.74) is 0.760. The number of ether oxygens (including phenoxy) is 1. The van der Waals surface area contributed by atoms with E-state index in [4.69, 9.17) is 27.9 Å². The lowest BCUT2D eigenvalue weighted by molar-refractivity contribution is 0.269. The van der Waals surface area contributed by atoms with Crippen LogP contribution in [0.3, 0.4) is 0 Å². The van der Waals surface area contributed by atoms with Crippen LogP contribution in [0, 0.1) is 5.82 Å². The predicted molar refractivity (Wildman–Crippen MR) is 84.9 cm³/mol. The molecule has 0 aromatic heterocycles. The molecule has 112 valence electrons. The van der Waals surface area contributed by atoms with Crippen molar-refractivity contribution in [1.29, 1.82) is 0 Å². The van der Waals surface area contributed by atoms with Crippen LogP contribution < -0.4 is 10.1 Å². The van der Waals surface area contributed by atoms with E-state index in [1.54, 1.807) is 18.2 Å². The molecule has 0 fully saturated rings. The average molecular weight is 328 g/mol. The summed E-state index contributed by atoms with van der Waals surface area (Å²) in [6.07, 6.45) is 0.584. The Morgan fingerprint density at radius 3 is 2.52 bits per heavy atom. The van der Waals surface area contributed by atoms with E-state index in [-0.39, 0.29) is 11.9 Å². The second kappa shape index (κ2) is 7.64. The summed E-state index contributed by atoms with van der Waals surface area (Å²) in [5.74, 6) is 0.452. The maximum Gasteiger partial charge on any atom is 0.123 e. The molecule has 21 heavy (non-hydrogen) atoms. The molecule has 2 aromatic carbocycles. The summed E-state index contributed by atoms with van der Waals surface area (Å²) < 4.78 is 19.0. The molecule has 0 amide bonds. The van der Waals surface area contributed by atoms with Crippen molar-refractivity contribution in [2.45, 2.75) is 12.5 Å². The average Bonchev–Trinajstić information content (AvgIpc) is 2.48. The third kappa shape index (κ3) is 4.88. The van der Waals surface area contributed by atoms with E-state index >= 15 is 0 Å². The Bertz CT molecular complexity index is 589. The molecule has 1 N–H and O–H groups in total. The number of rotatable bonds is 6. The molecule has 0 bridgehead atoms. The zero-order chi connectivity index (χ0) is 15.2. The highest BCUT2D eigenvalue weighted by molar-refractivity contribution is 6.31. The van der Waals surface area contributed by atoms with Crippen LogP contribution >= 0.6 is 23.2 Å². The zero-order valence-corrected chi connectivity index (χ0v) is 13.1. The van der Waals surface area contributed by atoms with Gasteiger partial charge in [-0.2, -0.15) is 0 Å². The topological polar surface area (TPSA) is 21.3 Å². The molecule has 0 aliphatic carbocycles. The van der Waals surface area contributed by atoms with Gasteiger partial charge < -0.3 is 10.1 Å². The number of hydrogen-bond donors (Lipinski definition) is 1. The second-order valence-corrected chi connectivity index (χ2v) is 5.53. The third-order valence-corrected chi connectivity index (χ3v) is 3.77. The molecule has 0 saturated heterocycles. The fourth-order valence-electron chi connectivity index (χ4n) is 1.94. The lowest BCUT2D eigenvalue weighted by atomic mass is 10.1. The fraction of sp³-hybridized carbons (Fsp3) is 0.250. The molecular formula is C16H16Cl2FNO. The minimum Gasteiger partial charge on any atom is -0.492 e. The summed E-state index contributed by atoms with van der Waals surface area (Å²) in [5, 5.41) is 4.37. The first-order chi connectivity index (χ1) is 10.1. The summed E-state index contributed by atoms with van der Waals surface area (Å²) in [4.78, 5) is 0. The van der Waals surface area contributed by atoms with E-state index in [2.05, 4.69) is 5.32 Å². The first kappa shape index (κ1) is 16.1. The number of nitrogens with one attached hydrogen (secondary N) is 1. The van der Waals surface area contributed by atoms with Gasteiger partial charge in [0.2, 0.25) is 0 Å². The summed E-state index contributed by atoms with van der Waals surface area (Å²) in [6.45, 7) is 0.449. The van der Waals surface area contributed by atoms with Crippen molar-refractivity contribution in [2.24, 2.45) is 0 Å². The van der Waals surface area contributed by atoms with Crippen LogP contribution in [-0.4, -0.2) is 19.7 Å². The minimum atomic E-state index is -0.289. The number of halogens is 3. The molecular weight excluding hydrogens is 312 g/mol. The second-order valence-electron chi connectivity index (χ2n) is 4.69. The highest BCUT2D eigenvalue weighted by atomic mass is 35.5. The van der Waals surface area contributed by atoms with Crippen LogP contribution in [0.15, 0.2) is 42.5 Å². The molecule has 0 spiro atoms. The molecule has 0 aliphatic heterocycles. The molecule has 0 radical (unpaired) electrons. The van der Waals surface area contributed by atoms with Gasteiger partial charge in [-0.1, -0.05) is 23.2 Å². The van der Waals surface area contributed by atoms with Gasteiger partial charge in [-0.25, -0.2) is 4.39 Å². The van der Waals surface area contributed by atoms with Crippen molar-refractivity contribution < 1.29 is 9.13 Å². The smallest absolute Gasteiger partial charge is 0.123 e. The van der Waals surface area contributed by atoms with Crippen LogP contribution in [0.5, 0.6) is 5.75 Å². The van der Waals surface area contributed by atoms with Gasteiger partial charge in [-0.15, -0.1) is 0 Å². The van der Waals surface area contributed by atoms with Gasteiger partial charge in [0.1, 0.15) is 18.2 Å². The van der Waals surface area contributed by atoms with E-state index in [1.165, 1.54) is 12.1 Å². The van der Waals surface area contributed by atoms with Crippen LogP contribution in [0.25, 0.3) is 0 Å². The molecule has 0 heterocycles. The summed E-state index contributed by atoms with van der Waals surface area (Å²) in [6, 6.07) is 11.6. The first-order valence-corrected chi connectivity index (χ1v) is 7.33. The van der Waals surface area contributed by atoms with Gasteiger partial charge >= 0.3 is 0 Å². The SMILES string of the molecule is CNC(COc1ccc(Cl)cc1)Cc1cc(F)ccc1Cl. The zero-order valence-electron chi connectivity index (χ0n) is 11.6. The van der Waals surface area contributed by atoms with Crippen LogP contribution in [0.1, 0.15) is 5.56 Å². The van der Waals surface area contributed by atoms with Gasteiger partial charge in [-0.3, -0.25) is 0 Å². The van der Waals surface area contributed by atoms with Gasteiger partial charge in [0.05, 0.1) is 0 Å². The number of likely N-dealkylation sites (N-methyl/N-ethyl adjacent to an activating group) is 1. The quantitative estimate of drug-likeness (QED) is 0.852. The first-order valence-electron chi connectivity index (χ1n) is 6.58. The highest BCUT2D eigenvalue weighted by Gasteiger charge is 2.11. The van der Waals surface area contributed by atoms with Crippen molar-refractivity contribution in [2.75, 3.05) is 13.7 Å². The summed E-state index contributed by atoms with van der Waals surface area (Å²) in [7, 11) is 1.84. The number of benzene rings is 2. The Morgan fingerprint density at radius 2 is 1.86 bits per heavy atom. The molecule has 5 heteroatoms. The van der Waals surface area contributed by atoms with Crippen molar-refractivity contribution in [1.82, 2.24) is 5.32 Å². The van der Waals surface area contributed by atoms with Crippen molar-refractivity contribution in [3.05, 3.63) is 63.9 Å². The van der Waals surface area contributed by atoms with E-state index in [1.807, 2.05) is 19.2 Å². The summed E-state index contributed by atoms with van der Waals surface area (Å²) >= 11 is 11.9. The van der Waals surface area contributed by atoms with Crippen molar-refractivity contribution in [3.63, 3.8) is 0 Å². The Kier molecular flexibility index (Phi) is 5.85. The Morgan fingerprint density at radius 1 is 1.14 bits per heavy atom. The van der Waals surface area contributed by atoms with Crippen LogP contribution in [0.4, 0.5) is 4.39 Å². The fourth-order valence-corrected chi connectivity index (χ4v) is 2.26. The molecule has 0 aliphatic rings. The van der Waals surface area contributed by atoms with E-state index < -0.39 is 0 Å².